The summed E-state index contributed by atoms with van der Waals surface area (Å²) in [6, 6.07) is 3.57. The molecule has 1 spiro atoms. The fraction of sp³-hybridized carbons (Fsp3) is 0.406. The molecule has 6 atom stereocenters. The van der Waals surface area contributed by atoms with Crippen molar-refractivity contribution in [1.29, 1.82) is 0 Å². The van der Waals surface area contributed by atoms with E-state index in [0.29, 0.717) is 6.07 Å². The second-order valence-electron chi connectivity index (χ2n) is 12.8. The van der Waals surface area contributed by atoms with Crippen LogP contribution in [-0.4, -0.2) is 58.0 Å². The molecular weight excluding hydrogens is 598 g/mol. The van der Waals surface area contributed by atoms with Crippen molar-refractivity contribution in [2.24, 2.45) is 34.3 Å². The van der Waals surface area contributed by atoms with Gasteiger partial charge in [0.2, 0.25) is 5.91 Å². The SMILES string of the molecule is CC1[C@]2(C)C(C(N)=O)=C(O)[C@@H](N(C)C)[C@@H]3C[C@@H]4Cc5c(F)cc(NC(=O)c6cccc(C(F)(F)F)c6)c(O)c5C(O)=C4C(=O)[C@@]132. The summed E-state index contributed by atoms with van der Waals surface area (Å²) in [5.74, 6) is -6.73. The number of Topliss-reactive ketones (excluding diaryl/α,β-unsaturated/α-hetero) is 1. The average Bonchev–Trinajstić information content (AvgIpc) is 3.44. The molecule has 0 saturated heterocycles. The predicted molar refractivity (Wildman–Crippen MR) is 153 cm³/mol. The van der Waals surface area contributed by atoms with Gasteiger partial charge in [0.25, 0.3) is 5.91 Å². The third-order valence-corrected chi connectivity index (χ3v) is 10.7. The van der Waals surface area contributed by atoms with Crippen molar-refractivity contribution in [2.45, 2.75) is 38.9 Å². The van der Waals surface area contributed by atoms with Gasteiger partial charge < -0.3 is 26.4 Å². The average molecular weight is 630 g/mol. The number of carbonyl (C=O) groups is 3. The van der Waals surface area contributed by atoms with Crippen LogP contribution < -0.4 is 11.1 Å². The number of nitrogens with one attached hydrogen (secondary N) is 1. The molecule has 2 saturated carbocycles. The number of nitrogens with zero attached hydrogens (tertiary/aromatic N) is 1. The van der Waals surface area contributed by atoms with Gasteiger partial charge in [-0.15, -0.1) is 0 Å². The van der Waals surface area contributed by atoms with Gasteiger partial charge in [-0.1, -0.05) is 19.9 Å². The van der Waals surface area contributed by atoms with Gasteiger partial charge >= 0.3 is 6.18 Å². The van der Waals surface area contributed by atoms with Crippen LogP contribution in [0.1, 0.15) is 47.3 Å². The quantitative estimate of drug-likeness (QED) is 0.242. The molecule has 6 rings (SSSR count). The number of aliphatic hydroxyl groups is 2. The van der Waals surface area contributed by atoms with Crippen molar-refractivity contribution in [1.82, 2.24) is 4.90 Å². The summed E-state index contributed by atoms with van der Waals surface area (Å²) in [6.07, 6.45) is -4.59. The zero-order valence-corrected chi connectivity index (χ0v) is 24.7. The third kappa shape index (κ3) is 3.85. The molecule has 13 heteroatoms. The summed E-state index contributed by atoms with van der Waals surface area (Å²) in [7, 11) is 3.39. The summed E-state index contributed by atoms with van der Waals surface area (Å²) < 4.78 is 55.1. The molecule has 0 radical (unpaired) electrons. The number of phenolic OH excluding ortho intramolecular Hbond substituents is 1. The molecule has 4 aliphatic rings. The molecule has 2 fully saturated rings. The van der Waals surface area contributed by atoms with Crippen molar-refractivity contribution in [3.8, 4) is 5.75 Å². The number of nitrogens with two attached hydrogens (primary N) is 1. The van der Waals surface area contributed by atoms with Gasteiger partial charge in [0.05, 0.1) is 33.8 Å². The fourth-order valence-corrected chi connectivity index (χ4v) is 8.72. The Hall–Kier alpha value is -4.39. The van der Waals surface area contributed by atoms with E-state index in [1.807, 2.05) is 0 Å². The molecule has 0 aromatic heterocycles. The Balaban J connectivity index is 1.44. The zero-order valence-electron chi connectivity index (χ0n) is 24.7. The first-order valence-corrected chi connectivity index (χ1v) is 14.3. The topological polar surface area (TPSA) is 153 Å². The van der Waals surface area contributed by atoms with Crippen molar-refractivity contribution >= 4 is 29.0 Å². The van der Waals surface area contributed by atoms with Gasteiger partial charge in [0.1, 0.15) is 17.3 Å². The Kier molecular flexibility index (Phi) is 6.50. The Morgan fingerprint density at radius 1 is 1.13 bits per heavy atom. The summed E-state index contributed by atoms with van der Waals surface area (Å²) in [5, 5.41) is 36.2. The van der Waals surface area contributed by atoms with Crippen LogP contribution >= 0.6 is 0 Å². The number of halogens is 4. The van der Waals surface area contributed by atoms with Gasteiger partial charge in [0.15, 0.2) is 11.5 Å². The van der Waals surface area contributed by atoms with E-state index in [1.54, 1.807) is 32.8 Å². The first-order chi connectivity index (χ1) is 20.9. The van der Waals surface area contributed by atoms with Gasteiger partial charge in [-0.25, -0.2) is 4.39 Å². The van der Waals surface area contributed by atoms with Crippen LogP contribution in [0.25, 0.3) is 5.76 Å². The number of rotatable bonds is 4. The Labute approximate surface area is 255 Å². The molecule has 4 aliphatic carbocycles. The van der Waals surface area contributed by atoms with Gasteiger partial charge in [-0.2, -0.15) is 13.2 Å². The Morgan fingerprint density at radius 2 is 1.80 bits per heavy atom. The van der Waals surface area contributed by atoms with E-state index in [4.69, 9.17) is 5.73 Å². The number of carbonyl (C=O) groups excluding carboxylic acids is 3. The number of phenols is 1. The summed E-state index contributed by atoms with van der Waals surface area (Å²) in [6.45, 7) is 3.45. The molecule has 6 N–H and O–H groups in total. The minimum absolute atomic E-state index is 0.0541. The minimum Gasteiger partial charge on any atom is -0.510 e. The van der Waals surface area contributed by atoms with Crippen LogP contribution in [0.15, 0.2) is 47.2 Å². The standard InChI is InChI=1S/C32H31F4N3O6/c1-12-30(2)22(28(37)44)26(42)23(39(3)4)17-10-14-9-16-18(33)11-19(24(40)21(16)25(41)20(14)27(43)31(12,17)30)38-29(45)13-6-5-7-15(8-13)32(34,35)36/h5-8,11-12,14,17,23,40-42H,9-10H2,1-4H3,(H2,37,44)(H,38,45)/t12?,14-,17-,23-,30+,31+/m0/s1. The molecule has 0 heterocycles. The number of hydrogen-bond acceptors (Lipinski definition) is 7. The number of aliphatic hydroxyl groups excluding tert-OH is 2. The van der Waals surface area contributed by atoms with E-state index >= 15 is 4.39 Å². The lowest BCUT2D eigenvalue weighted by molar-refractivity contribution is -0.137. The second kappa shape index (κ2) is 9.56. The van der Waals surface area contributed by atoms with Gasteiger partial charge in [-0.05, 0) is 62.9 Å². The number of amides is 2. The maximum atomic E-state index is 15.6. The number of likely N-dealkylation sites (N-methyl/N-ethyl adjacent to an activating group) is 1. The highest BCUT2D eigenvalue weighted by atomic mass is 19.4. The molecule has 9 nitrogen and oxygen atoms in total. The number of hydrogen-bond donors (Lipinski definition) is 5. The molecule has 2 aromatic carbocycles. The van der Waals surface area contributed by atoms with E-state index in [2.05, 4.69) is 5.32 Å². The number of primary amides is 1. The number of anilines is 1. The largest absolute Gasteiger partial charge is 0.510 e. The third-order valence-electron chi connectivity index (χ3n) is 10.7. The van der Waals surface area contributed by atoms with E-state index in [0.717, 1.165) is 24.3 Å². The normalized spacial score (nSPS) is 30.4. The monoisotopic (exact) mass is 629 g/mol. The lowest BCUT2D eigenvalue weighted by atomic mass is 9.56. The zero-order chi connectivity index (χ0) is 33.1. The van der Waals surface area contributed by atoms with Crippen molar-refractivity contribution < 1.29 is 47.3 Å². The molecule has 45 heavy (non-hydrogen) atoms. The van der Waals surface area contributed by atoms with Crippen molar-refractivity contribution in [3.05, 3.63) is 75.3 Å². The fourth-order valence-electron chi connectivity index (χ4n) is 8.72. The highest BCUT2D eigenvalue weighted by molar-refractivity contribution is 6.13. The highest BCUT2D eigenvalue weighted by Crippen LogP contribution is 2.82. The number of fused-ring (bicyclic) bond motifs is 2. The maximum Gasteiger partial charge on any atom is 0.416 e. The van der Waals surface area contributed by atoms with Crippen LogP contribution in [0.5, 0.6) is 5.75 Å². The number of ketones is 1. The number of aromatic hydroxyl groups is 1. The summed E-state index contributed by atoms with van der Waals surface area (Å²) in [5.41, 5.74) is 0.693. The van der Waals surface area contributed by atoms with Crippen LogP contribution in [0.4, 0.5) is 23.2 Å². The smallest absolute Gasteiger partial charge is 0.416 e. The number of alkyl halides is 3. The first kappa shape index (κ1) is 30.6. The summed E-state index contributed by atoms with van der Waals surface area (Å²) in [4.78, 5) is 41.7. The van der Waals surface area contributed by atoms with Gasteiger partial charge in [0, 0.05) is 28.2 Å². The Bertz CT molecular complexity index is 1780. The highest BCUT2D eigenvalue weighted by Gasteiger charge is 2.85. The molecule has 2 amide bonds. The van der Waals surface area contributed by atoms with Crippen LogP contribution in [0.3, 0.4) is 0 Å². The molecule has 1 unspecified atom stereocenters. The van der Waals surface area contributed by atoms with Crippen LogP contribution in [-0.2, 0) is 22.2 Å². The van der Waals surface area contributed by atoms with Crippen molar-refractivity contribution in [2.75, 3.05) is 19.4 Å². The van der Waals surface area contributed by atoms with Crippen LogP contribution in [0, 0.1) is 34.4 Å². The first-order valence-electron chi connectivity index (χ1n) is 14.3. The number of allylic oxidation sites excluding steroid dienone is 1. The molecule has 238 valence electrons. The Morgan fingerprint density at radius 3 is 2.40 bits per heavy atom. The van der Waals surface area contributed by atoms with E-state index in [1.165, 1.54) is 0 Å². The molecular formula is C32H31F4N3O6. The lowest BCUT2D eigenvalue weighted by Gasteiger charge is -2.49. The predicted octanol–water partition coefficient (Wildman–Crippen LogP) is 4.72. The van der Waals surface area contributed by atoms with E-state index < -0.39 is 98.1 Å². The van der Waals surface area contributed by atoms with Crippen molar-refractivity contribution in [3.63, 3.8) is 0 Å². The maximum absolute atomic E-state index is 15.6. The van der Waals surface area contributed by atoms with Gasteiger partial charge in [-0.3, -0.25) is 19.3 Å². The van der Waals surface area contributed by atoms with E-state index in [-0.39, 0.29) is 35.3 Å². The van der Waals surface area contributed by atoms with Crippen LogP contribution in [0.2, 0.25) is 0 Å². The minimum atomic E-state index is -4.72. The number of benzene rings is 2. The van der Waals surface area contributed by atoms with E-state index in [9.17, 15) is 42.9 Å². The lowest BCUT2D eigenvalue weighted by Crippen LogP contribution is -2.55. The molecule has 0 bridgehead atoms. The second-order valence-corrected chi connectivity index (χ2v) is 12.8. The molecule has 0 aliphatic heterocycles. The molecule has 2 aromatic rings. The summed E-state index contributed by atoms with van der Waals surface area (Å²) >= 11 is 0.